The number of anilines is 1. The zero-order chi connectivity index (χ0) is 15.9. The minimum Gasteiger partial charge on any atom is -0.269 e. The van der Waals surface area contributed by atoms with Crippen LogP contribution in [0.4, 0.5) is 5.69 Å². The van der Waals surface area contributed by atoms with Crippen LogP contribution in [0.25, 0.3) is 5.57 Å². The summed E-state index contributed by atoms with van der Waals surface area (Å²) in [6.07, 6.45) is 1.23. The highest BCUT2D eigenvalue weighted by Crippen LogP contribution is 2.37. The standard InChI is InChI=1S/C16H8Cl3NO2/c17-9-6-12(18)15(13(19)7-9)11-8-14(21)20(16(11)22)10-4-2-1-3-5-10/h1-8H. The fraction of sp³-hybridized carbons (Fsp3) is 0. The second-order valence-electron chi connectivity index (χ2n) is 4.62. The Labute approximate surface area is 141 Å². The van der Waals surface area contributed by atoms with Crippen LogP contribution in [0.3, 0.4) is 0 Å². The molecule has 1 aliphatic heterocycles. The van der Waals surface area contributed by atoms with E-state index in [1.54, 1.807) is 30.3 Å². The zero-order valence-corrected chi connectivity index (χ0v) is 13.3. The Hall–Kier alpha value is -1.81. The maximum Gasteiger partial charge on any atom is 0.266 e. The molecule has 0 atom stereocenters. The Morgan fingerprint density at radius 1 is 0.864 bits per heavy atom. The Morgan fingerprint density at radius 2 is 1.45 bits per heavy atom. The molecule has 3 rings (SSSR count). The molecule has 22 heavy (non-hydrogen) atoms. The number of hydrogen-bond donors (Lipinski definition) is 0. The van der Waals surface area contributed by atoms with Crippen LogP contribution in [-0.4, -0.2) is 11.8 Å². The summed E-state index contributed by atoms with van der Waals surface area (Å²) in [6, 6.07) is 11.6. The van der Waals surface area contributed by atoms with Crippen LogP contribution in [0.1, 0.15) is 5.56 Å². The van der Waals surface area contributed by atoms with E-state index in [0.717, 1.165) is 4.90 Å². The van der Waals surface area contributed by atoms with E-state index < -0.39 is 11.8 Å². The average molecular weight is 353 g/mol. The van der Waals surface area contributed by atoms with Crippen LogP contribution in [0.5, 0.6) is 0 Å². The quantitative estimate of drug-likeness (QED) is 0.741. The summed E-state index contributed by atoms with van der Waals surface area (Å²) in [5.41, 5.74) is 0.954. The predicted molar refractivity (Wildman–Crippen MR) is 88.4 cm³/mol. The third-order valence-corrected chi connectivity index (χ3v) is 4.03. The molecular formula is C16H8Cl3NO2. The van der Waals surface area contributed by atoms with Gasteiger partial charge >= 0.3 is 0 Å². The SMILES string of the molecule is O=C1C=C(c2c(Cl)cc(Cl)cc2Cl)C(=O)N1c1ccccc1. The van der Waals surface area contributed by atoms with Crippen molar-refractivity contribution < 1.29 is 9.59 Å². The fourth-order valence-corrected chi connectivity index (χ4v) is 3.29. The van der Waals surface area contributed by atoms with E-state index in [2.05, 4.69) is 0 Å². The van der Waals surface area contributed by atoms with Gasteiger partial charge in [-0.3, -0.25) is 9.59 Å². The summed E-state index contributed by atoms with van der Waals surface area (Å²) >= 11 is 18.1. The molecule has 0 unspecified atom stereocenters. The van der Waals surface area contributed by atoms with Gasteiger partial charge in [0.1, 0.15) is 0 Å². The highest BCUT2D eigenvalue weighted by Gasteiger charge is 2.34. The van der Waals surface area contributed by atoms with Crippen LogP contribution in [0, 0.1) is 0 Å². The third kappa shape index (κ3) is 2.52. The molecule has 0 saturated carbocycles. The van der Waals surface area contributed by atoms with Gasteiger partial charge in [-0.2, -0.15) is 0 Å². The molecule has 2 aromatic carbocycles. The molecule has 110 valence electrons. The number of rotatable bonds is 2. The molecule has 0 aromatic heterocycles. The average Bonchev–Trinajstić information content (AvgIpc) is 2.74. The van der Waals surface area contributed by atoms with Crippen molar-refractivity contribution in [3.8, 4) is 0 Å². The molecule has 0 saturated heterocycles. The number of carbonyl (C=O) groups excluding carboxylic acids is 2. The molecule has 0 fully saturated rings. The van der Waals surface area contributed by atoms with E-state index in [1.165, 1.54) is 18.2 Å². The fourth-order valence-electron chi connectivity index (χ4n) is 2.27. The van der Waals surface area contributed by atoms with Gasteiger partial charge < -0.3 is 0 Å². The van der Waals surface area contributed by atoms with Gasteiger partial charge in [-0.25, -0.2) is 4.90 Å². The van der Waals surface area contributed by atoms with E-state index in [-0.39, 0.29) is 15.6 Å². The normalized spacial score (nSPS) is 14.5. The van der Waals surface area contributed by atoms with Crippen molar-refractivity contribution in [2.75, 3.05) is 4.90 Å². The highest BCUT2D eigenvalue weighted by molar-refractivity contribution is 6.49. The third-order valence-electron chi connectivity index (χ3n) is 3.21. The number of hydrogen-bond acceptors (Lipinski definition) is 2. The molecule has 3 nitrogen and oxygen atoms in total. The topological polar surface area (TPSA) is 37.4 Å². The number of halogens is 3. The van der Waals surface area contributed by atoms with Crippen molar-refractivity contribution in [3.63, 3.8) is 0 Å². The van der Waals surface area contributed by atoms with E-state index in [9.17, 15) is 9.59 Å². The highest BCUT2D eigenvalue weighted by atomic mass is 35.5. The number of carbonyl (C=O) groups is 2. The van der Waals surface area contributed by atoms with Crippen molar-refractivity contribution >= 4 is 57.9 Å². The first kappa shape index (κ1) is 15.1. The molecule has 0 radical (unpaired) electrons. The first-order valence-corrected chi connectivity index (χ1v) is 7.42. The lowest BCUT2D eigenvalue weighted by Crippen LogP contribution is -2.30. The van der Waals surface area contributed by atoms with Crippen LogP contribution in [0.2, 0.25) is 15.1 Å². The number of imide groups is 1. The van der Waals surface area contributed by atoms with Crippen molar-refractivity contribution in [2.45, 2.75) is 0 Å². The molecular weight excluding hydrogens is 345 g/mol. The van der Waals surface area contributed by atoms with Crippen LogP contribution in [-0.2, 0) is 9.59 Å². The maximum atomic E-state index is 12.6. The minimum atomic E-state index is -0.470. The molecule has 0 bridgehead atoms. The van der Waals surface area contributed by atoms with Crippen molar-refractivity contribution in [1.82, 2.24) is 0 Å². The Morgan fingerprint density at radius 3 is 2.05 bits per heavy atom. The molecule has 6 heteroatoms. The van der Waals surface area contributed by atoms with E-state index in [1.807, 2.05) is 0 Å². The van der Waals surface area contributed by atoms with Gasteiger partial charge in [-0.05, 0) is 24.3 Å². The van der Waals surface area contributed by atoms with Gasteiger partial charge in [0.15, 0.2) is 0 Å². The summed E-state index contributed by atoms with van der Waals surface area (Å²) in [4.78, 5) is 25.8. The smallest absolute Gasteiger partial charge is 0.266 e. The van der Waals surface area contributed by atoms with Crippen molar-refractivity contribution in [2.24, 2.45) is 0 Å². The second-order valence-corrected chi connectivity index (χ2v) is 5.87. The monoisotopic (exact) mass is 351 g/mol. The van der Waals surface area contributed by atoms with E-state index in [4.69, 9.17) is 34.8 Å². The van der Waals surface area contributed by atoms with Crippen molar-refractivity contribution in [1.29, 1.82) is 0 Å². The number of para-hydroxylation sites is 1. The van der Waals surface area contributed by atoms with Gasteiger partial charge in [-0.1, -0.05) is 53.0 Å². The van der Waals surface area contributed by atoms with Gasteiger partial charge in [0.25, 0.3) is 11.8 Å². The van der Waals surface area contributed by atoms with Gasteiger partial charge in [0.05, 0.1) is 21.3 Å². The summed E-state index contributed by atoms with van der Waals surface area (Å²) in [6.45, 7) is 0. The second kappa shape index (κ2) is 5.76. The Balaban J connectivity index is 2.07. The lowest BCUT2D eigenvalue weighted by atomic mass is 10.1. The molecule has 2 aromatic rings. The number of benzene rings is 2. The lowest BCUT2D eigenvalue weighted by Gasteiger charge is -2.15. The largest absolute Gasteiger partial charge is 0.269 e. The molecule has 0 spiro atoms. The van der Waals surface area contributed by atoms with Gasteiger partial charge in [-0.15, -0.1) is 0 Å². The first-order valence-electron chi connectivity index (χ1n) is 6.29. The molecule has 0 aliphatic carbocycles. The van der Waals surface area contributed by atoms with E-state index in [0.29, 0.717) is 16.3 Å². The number of amides is 2. The molecule has 2 amide bonds. The summed E-state index contributed by atoms with van der Waals surface area (Å²) < 4.78 is 0. The zero-order valence-electron chi connectivity index (χ0n) is 11.0. The summed E-state index contributed by atoms with van der Waals surface area (Å²) in [7, 11) is 0. The Bertz CT molecular complexity index is 792. The Kier molecular flexibility index (Phi) is 3.96. The summed E-state index contributed by atoms with van der Waals surface area (Å²) in [5, 5.41) is 0.802. The molecule has 1 aliphatic rings. The minimum absolute atomic E-state index is 0.153. The van der Waals surface area contributed by atoms with Gasteiger partial charge in [0, 0.05) is 16.7 Å². The summed E-state index contributed by atoms with van der Waals surface area (Å²) in [5.74, 6) is -0.907. The first-order chi connectivity index (χ1) is 10.5. The lowest BCUT2D eigenvalue weighted by molar-refractivity contribution is -0.119. The number of nitrogens with zero attached hydrogens (tertiary/aromatic N) is 1. The van der Waals surface area contributed by atoms with Gasteiger partial charge in [0.2, 0.25) is 0 Å². The van der Waals surface area contributed by atoms with Crippen LogP contribution < -0.4 is 4.90 Å². The predicted octanol–water partition coefficient (Wildman–Crippen LogP) is 4.60. The van der Waals surface area contributed by atoms with Crippen molar-refractivity contribution in [3.05, 3.63) is 69.2 Å². The maximum absolute atomic E-state index is 12.6. The van der Waals surface area contributed by atoms with Crippen LogP contribution >= 0.6 is 34.8 Å². The van der Waals surface area contributed by atoms with Crippen LogP contribution in [0.15, 0.2) is 48.5 Å². The molecule has 0 N–H and O–H groups in total. The van der Waals surface area contributed by atoms with E-state index >= 15 is 0 Å². The molecule has 1 heterocycles.